The number of amides is 1. The number of pyridine rings is 1. The number of rotatable bonds is 5. The third-order valence-electron chi connectivity index (χ3n) is 4.70. The van der Waals surface area contributed by atoms with Gasteiger partial charge in [-0.2, -0.15) is 10.2 Å². The average molecular weight is 374 g/mol. The fraction of sp³-hybridized carbons (Fsp3) is 0.238. The van der Waals surface area contributed by atoms with Crippen molar-refractivity contribution in [2.24, 2.45) is 7.05 Å². The van der Waals surface area contributed by atoms with Gasteiger partial charge in [0.1, 0.15) is 0 Å². The SMILES string of the molecule is CCn1ccc(CNC(=O)c2cc(-c3cn(C)nc3C)nc3ccccc23)n1. The van der Waals surface area contributed by atoms with Crippen molar-refractivity contribution in [1.29, 1.82) is 0 Å². The van der Waals surface area contributed by atoms with E-state index in [2.05, 4.69) is 15.5 Å². The molecular weight excluding hydrogens is 352 g/mol. The van der Waals surface area contributed by atoms with Crippen LogP contribution in [0, 0.1) is 6.92 Å². The van der Waals surface area contributed by atoms with Crippen LogP contribution in [0.25, 0.3) is 22.2 Å². The molecule has 7 heteroatoms. The summed E-state index contributed by atoms with van der Waals surface area (Å²) in [5, 5.41) is 12.6. The molecule has 28 heavy (non-hydrogen) atoms. The molecule has 0 atom stereocenters. The Morgan fingerprint density at radius 1 is 1.18 bits per heavy atom. The number of para-hydroxylation sites is 1. The average Bonchev–Trinajstić information content (AvgIpc) is 3.30. The first kappa shape index (κ1) is 17.9. The van der Waals surface area contributed by atoms with Crippen molar-refractivity contribution >= 4 is 16.8 Å². The number of carbonyl (C=O) groups is 1. The van der Waals surface area contributed by atoms with E-state index in [0.717, 1.165) is 40.1 Å². The Bertz CT molecular complexity index is 1160. The van der Waals surface area contributed by atoms with E-state index in [1.807, 2.05) is 74.4 Å². The zero-order chi connectivity index (χ0) is 19.7. The van der Waals surface area contributed by atoms with Gasteiger partial charge in [-0.25, -0.2) is 4.98 Å². The molecule has 0 saturated carbocycles. The molecule has 1 N–H and O–H groups in total. The van der Waals surface area contributed by atoms with Crippen molar-refractivity contribution in [2.45, 2.75) is 26.9 Å². The zero-order valence-corrected chi connectivity index (χ0v) is 16.2. The van der Waals surface area contributed by atoms with Gasteiger partial charge in [-0.05, 0) is 32.0 Å². The van der Waals surface area contributed by atoms with Crippen molar-refractivity contribution in [2.75, 3.05) is 0 Å². The van der Waals surface area contributed by atoms with Crippen LogP contribution in [0.5, 0.6) is 0 Å². The van der Waals surface area contributed by atoms with Crippen LogP contribution in [0.4, 0.5) is 0 Å². The van der Waals surface area contributed by atoms with E-state index in [1.165, 1.54) is 0 Å². The van der Waals surface area contributed by atoms with Crippen LogP contribution >= 0.6 is 0 Å². The Kier molecular flexibility index (Phi) is 4.65. The van der Waals surface area contributed by atoms with Gasteiger partial charge in [0.25, 0.3) is 5.91 Å². The zero-order valence-electron chi connectivity index (χ0n) is 16.2. The van der Waals surface area contributed by atoms with E-state index < -0.39 is 0 Å². The highest BCUT2D eigenvalue weighted by Gasteiger charge is 2.16. The maximum absolute atomic E-state index is 13.0. The first-order valence-corrected chi connectivity index (χ1v) is 9.26. The summed E-state index contributed by atoms with van der Waals surface area (Å²) in [6.45, 7) is 5.15. The maximum atomic E-state index is 13.0. The van der Waals surface area contributed by atoms with E-state index >= 15 is 0 Å². The van der Waals surface area contributed by atoms with Gasteiger partial charge in [0, 0.05) is 36.9 Å². The van der Waals surface area contributed by atoms with Crippen molar-refractivity contribution in [1.82, 2.24) is 29.9 Å². The van der Waals surface area contributed by atoms with E-state index in [-0.39, 0.29) is 5.91 Å². The molecule has 4 rings (SSSR count). The Morgan fingerprint density at radius 2 is 2.00 bits per heavy atom. The van der Waals surface area contributed by atoms with Crippen molar-refractivity contribution in [3.8, 4) is 11.3 Å². The molecule has 1 aromatic carbocycles. The minimum atomic E-state index is -0.146. The van der Waals surface area contributed by atoms with Gasteiger partial charge < -0.3 is 5.32 Å². The summed E-state index contributed by atoms with van der Waals surface area (Å²) in [5.74, 6) is -0.146. The number of benzene rings is 1. The molecule has 0 fully saturated rings. The fourth-order valence-corrected chi connectivity index (χ4v) is 3.29. The number of aryl methyl sites for hydroxylation is 3. The first-order valence-electron chi connectivity index (χ1n) is 9.26. The highest BCUT2D eigenvalue weighted by atomic mass is 16.1. The third-order valence-corrected chi connectivity index (χ3v) is 4.70. The van der Waals surface area contributed by atoms with Gasteiger partial charge in [0.05, 0.1) is 34.7 Å². The molecule has 0 aliphatic rings. The van der Waals surface area contributed by atoms with E-state index in [4.69, 9.17) is 4.98 Å². The van der Waals surface area contributed by atoms with Gasteiger partial charge in [-0.15, -0.1) is 0 Å². The molecule has 1 amide bonds. The molecule has 0 aliphatic carbocycles. The summed E-state index contributed by atoms with van der Waals surface area (Å²) in [6, 6.07) is 11.4. The Labute approximate surface area is 163 Å². The lowest BCUT2D eigenvalue weighted by Gasteiger charge is -2.10. The topological polar surface area (TPSA) is 77.6 Å². The highest BCUT2D eigenvalue weighted by Crippen LogP contribution is 2.26. The predicted octanol–water partition coefficient (Wildman–Crippen LogP) is 3.09. The monoisotopic (exact) mass is 374 g/mol. The quantitative estimate of drug-likeness (QED) is 0.582. The summed E-state index contributed by atoms with van der Waals surface area (Å²) in [6.07, 6.45) is 3.83. The molecule has 0 bridgehead atoms. The second kappa shape index (κ2) is 7.26. The van der Waals surface area contributed by atoms with Gasteiger partial charge in [0.2, 0.25) is 0 Å². The third kappa shape index (κ3) is 3.38. The number of nitrogens with one attached hydrogen (secondary N) is 1. The minimum absolute atomic E-state index is 0.146. The lowest BCUT2D eigenvalue weighted by atomic mass is 10.0. The fourth-order valence-electron chi connectivity index (χ4n) is 3.29. The Balaban J connectivity index is 1.70. The highest BCUT2D eigenvalue weighted by molar-refractivity contribution is 6.07. The molecule has 3 heterocycles. The molecule has 7 nitrogen and oxygen atoms in total. The Morgan fingerprint density at radius 3 is 2.71 bits per heavy atom. The minimum Gasteiger partial charge on any atom is -0.346 e. The summed E-state index contributed by atoms with van der Waals surface area (Å²) in [7, 11) is 1.88. The van der Waals surface area contributed by atoms with Crippen LogP contribution in [-0.2, 0) is 20.1 Å². The Hall–Kier alpha value is -3.48. The second-order valence-corrected chi connectivity index (χ2v) is 6.72. The lowest BCUT2D eigenvalue weighted by Crippen LogP contribution is -2.23. The molecule has 0 aliphatic heterocycles. The standard InChI is InChI=1S/C21H22N6O/c1-4-27-10-9-15(25-27)12-22-21(28)17-11-20(18-13-26(3)24-14(18)2)23-19-8-6-5-7-16(17)19/h5-11,13H,4,12H2,1-3H3,(H,22,28). The van der Waals surface area contributed by atoms with Crippen LogP contribution in [0.3, 0.4) is 0 Å². The molecule has 142 valence electrons. The van der Waals surface area contributed by atoms with E-state index in [1.54, 1.807) is 4.68 Å². The number of hydrogen-bond donors (Lipinski definition) is 1. The second-order valence-electron chi connectivity index (χ2n) is 6.72. The van der Waals surface area contributed by atoms with Crippen LogP contribution in [0.1, 0.15) is 28.7 Å². The lowest BCUT2D eigenvalue weighted by molar-refractivity contribution is 0.0952. The van der Waals surface area contributed by atoms with Crippen LogP contribution in [0.15, 0.2) is 48.8 Å². The number of nitrogens with zero attached hydrogens (tertiary/aromatic N) is 5. The summed E-state index contributed by atoms with van der Waals surface area (Å²) >= 11 is 0. The molecule has 0 spiro atoms. The molecule has 4 aromatic rings. The predicted molar refractivity (Wildman–Crippen MR) is 108 cm³/mol. The molecule has 3 aromatic heterocycles. The number of aromatic nitrogens is 5. The number of fused-ring (bicyclic) bond motifs is 1. The summed E-state index contributed by atoms with van der Waals surface area (Å²) < 4.78 is 3.60. The summed E-state index contributed by atoms with van der Waals surface area (Å²) in [4.78, 5) is 17.7. The van der Waals surface area contributed by atoms with E-state index in [0.29, 0.717) is 12.1 Å². The van der Waals surface area contributed by atoms with Gasteiger partial charge >= 0.3 is 0 Å². The van der Waals surface area contributed by atoms with Gasteiger partial charge in [0.15, 0.2) is 0 Å². The van der Waals surface area contributed by atoms with Gasteiger partial charge in [-0.1, -0.05) is 18.2 Å². The molecule has 0 radical (unpaired) electrons. The smallest absolute Gasteiger partial charge is 0.252 e. The summed E-state index contributed by atoms with van der Waals surface area (Å²) in [5.41, 5.74) is 4.75. The normalized spacial score (nSPS) is 11.1. The first-order chi connectivity index (χ1) is 13.5. The van der Waals surface area contributed by atoms with Gasteiger partial charge in [-0.3, -0.25) is 14.2 Å². The molecule has 0 unspecified atom stereocenters. The van der Waals surface area contributed by atoms with Crippen LogP contribution < -0.4 is 5.32 Å². The largest absolute Gasteiger partial charge is 0.346 e. The van der Waals surface area contributed by atoms with Crippen LogP contribution in [-0.4, -0.2) is 30.5 Å². The van der Waals surface area contributed by atoms with Crippen molar-refractivity contribution in [3.63, 3.8) is 0 Å². The number of carbonyl (C=O) groups excluding carboxylic acids is 1. The maximum Gasteiger partial charge on any atom is 0.252 e. The van der Waals surface area contributed by atoms with Crippen molar-refractivity contribution < 1.29 is 4.79 Å². The number of hydrogen-bond acceptors (Lipinski definition) is 4. The molecular formula is C21H22N6O. The van der Waals surface area contributed by atoms with Crippen molar-refractivity contribution in [3.05, 3.63) is 65.7 Å². The molecule has 0 saturated heterocycles. The van der Waals surface area contributed by atoms with Crippen LogP contribution in [0.2, 0.25) is 0 Å². The van der Waals surface area contributed by atoms with E-state index in [9.17, 15) is 4.79 Å².